The Morgan fingerprint density at radius 1 is 1.22 bits per heavy atom. The molecule has 0 radical (unpaired) electrons. The highest BCUT2D eigenvalue weighted by molar-refractivity contribution is 5.89. The predicted molar refractivity (Wildman–Crippen MR) is 95.2 cm³/mol. The van der Waals surface area contributed by atoms with Crippen LogP contribution in [0.4, 0.5) is 11.4 Å². The molecule has 0 aliphatic carbocycles. The Morgan fingerprint density at radius 3 is 2.59 bits per heavy atom. The van der Waals surface area contributed by atoms with Crippen molar-refractivity contribution in [2.75, 3.05) is 7.11 Å². The van der Waals surface area contributed by atoms with Crippen molar-refractivity contribution in [3.63, 3.8) is 0 Å². The van der Waals surface area contributed by atoms with Gasteiger partial charge in [-0.2, -0.15) is 5.26 Å². The highest BCUT2D eigenvalue weighted by Gasteiger charge is 2.16. The smallest absolute Gasteiger partial charge is 0.335 e. The molecule has 0 spiro atoms. The monoisotopic (exact) mass is 363 g/mol. The standard InChI is InChI=1S/C18H13N5O4/c1-27-15-8-7-11(18(25)26)9-13(15)20-21-16-14(10-19)22-23(17(16)24)12-5-3-2-4-6-12/h2-9,22H,1H3,(H,25,26). The van der Waals surface area contributed by atoms with E-state index >= 15 is 0 Å². The Morgan fingerprint density at radius 2 is 1.96 bits per heavy atom. The minimum absolute atomic E-state index is 0.0129. The zero-order valence-corrected chi connectivity index (χ0v) is 14.1. The Balaban J connectivity index is 2.08. The van der Waals surface area contributed by atoms with Crippen molar-refractivity contribution < 1.29 is 14.6 Å². The number of aromatic amines is 1. The largest absolute Gasteiger partial charge is 0.494 e. The number of hydrogen-bond acceptors (Lipinski definition) is 6. The van der Waals surface area contributed by atoms with Gasteiger partial charge in [-0.3, -0.25) is 9.89 Å². The van der Waals surface area contributed by atoms with Gasteiger partial charge in [-0.25, -0.2) is 9.48 Å². The first kappa shape index (κ1) is 17.6. The molecular weight excluding hydrogens is 350 g/mol. The van der Waals surface area contributed by atoms with Crippen molar-refractivity contribution >= 4 is 17.3 Å². The average molecular weight is 363 g/mol. The number of nitriles is 1. The van der Waals surface area contributed by atoms with Crippen LogP contribution in [0.2, 0.25) is 0 Å². The summed E-state index contributed by atoms with van der Waals surface area (Å²) in [6.07, 6.45) is 0. The first-order valence-electron chi connectivity index (χ1n) is 7.68. The lowest BCUT2D eigenvalue weighted by Gasteiger charge is -2.04. The summed E-state index contributed by atoms with van der Waals surface area (Å²) in [6, 6.07) is 14.6. The lowest BCUT2D eigenvalue weighted by Crippen LogP contribution is -2.13. The number of benzene rings is 2. The van der Waals surface area contributed by atoms with Gasteiger partial charge in [-0.1, -0.05) is 18.2 Å². The third kappa shape index (κ3) is 3.45. The second kappa shape index (κ2) is 7.37. The number of azo groups is 1. The van der Waals surface area contributed by atoms with Crippen molar-refractivity contribution in [1.29, 1.82) is 5.26 Å². The highest BCUT2D eigenvalue weighted by atomic mass is 16.5. The van der Waals surface area contributed by atoms with Crippen LogP contribution < -0.4 is 10.3 Å². The molecule has 0 atom stereocenters. The third-order valence-electron chi connectivity index (χ3n) is 3.68. The SMILES string of the molecule is COc1ccc(C(=O)O)cc1N=Nc1c(C#N)[nH]n(-c2ccccc2)c1=O. The van der Waals surface area contributed by atoms with Gasteiger partial charge in [0.2, 0.25) is 0 Å². The normalized spacial score (nSPS) is 10.7. The molecule has 0 saturated carbocycles. The highest BCUT2D eigenvalue weighted by Crippen LogP contribution is 2.30. The number of hydrogen-bond donors (Lipinski definition) is 2. The van der Waals surface area contributed by atoms with Gasteiger partial charge in [0.05, 0.1) is 18.4 Å². The van der Waals surface area contributed by atoms with Gasteiger partial charge in [0.1, 0.15) is 17.5 Å². The number of carboxylic acid groups (broad SMARTS) is 1. The minimum atomic E-state index is -1.14. The van der Waals surface area contributed by atoms with Crippen LogP contribution in [0.3, 0.4) is 0 Å². The fourth-order valence-corrected chi connectivity index (χ4v) is 2.36. The van der Waals surface area contributed by atoms with Crippen molar-refractivity contribution in [1.82, 2.24) is 9.78 Å². The van der Waals surface area contributed by atoms with E-state index in [1.807, 2.05) is 6.07 Å². The molecule has 1 aromatic heterocycles. The van der Waals surface area contributed by atoms with Crippen LogP contribution in [0, 0.1) is 11.3 Å². The zero-order valence-electron chi connectivity index (χ0n) is 14.1. The molecular formula is C18H13N5O4. The van der Waals surface area contributed by atoms with Gasteiger partial charge in [-0.15, -0.1) is 10.2 Å². The summed E-state index contributed by atoms with van der Waals surface area (Å²) in [5.74, 6) is -0.860. The number of para-hydroxylation sites is 1. The first-order valence-corrected chi connectivity index (χ1v) is 7.68. The van der Waals surface area contributed by atoms with E-state index in [-0.39, 0.29) is 28.4 Å². The molecule has 9 nitrogen and oxygen atoms in total. The van der Waals surface area contributed by atoms with Gasteiger partial charge in [0, 0.05) is 0 Å². The summed E-state index contributed by atoms with van der Waals surface area (Å²) in [7, 11) is 1.40. The van der Waals surface area contributed by atoms with Crippen LogP contribution in [0.25, 0.3) is 5.69 Å². The molecule has 9 heteroatoms. The maximum atomic E-state index is 12.6. The maximum absolute atomic E-state index is 12.6. The summed E-state index contributed by atoms with van der Waals surface area (Å²) in [6.45, 7) is 0. The Labute approximate surface area is 152 Å². The second-order valence-electron chi connectivity index (χ2n) is 5.32. The van der Waals surface area contributed by atoms with Crippen molar-refractivity contribution in [3.8, 4) is 17.5 Å². The number of ether oxygens (including phenoxy) is 1. The molecule has 0 amide bonds. The number of H-pyrrole nitrogens is 1. The summed E-state index contributed by atoms with van der Waals surface area (Å²) in [5.41, 5.74) is -0.181. The lowest BCUT2D eigenvalue weighted by molar-refractivity contribution is 0.0697. The van der Waals surface area contributed by atoms with Crippen molar-refractivity contribution in [2.45, 2.75) is 0 Å². The molecule has 134 valence electrons. The van der Waals surface area contributed by atoms with Crippen molar-refractivity contribution in [2.24, 2.45) is 10.2 Å². The van der Waals surface area contributed by atoms with E-state index < -0.39 is 11.5 Å². The van der Waals surface area contributed by atoms with Crippen LogP contribution in [-0.4, -0.2) is 28.0 Å². The summed E-state index contributed by atoms with van der Waals surface area (Å²) in [5, 5.41) is 28.8. The number of nitrogens with zero attached hydrogens (tertiary/aromatic N) is 4. The molecule has 0 aliphatic heterocycles. The lowest BCUT2D eigenvalue weighted by atomic mass is 10.2. The van der Waals surface area contributed by atoms with Crippen LogP contribution in [0.15, 0.2) is 63.6 Å². The van der Waals surface area contributed by atoms with Gasteiger partial charge in [-0.05, 0) is 30.3 Å². The fourth-order valence-electron chi connectivity index (χ4n) is 2.36. The van der Waals surface area contributed by atoms with E-state index in [2.05, 4.69) is 15.3 Å². The average Bonchev–Trinajstić information content (AvgIpc) is 3.02. The molecule has 0 bridgehead atoms. The van der Waals surface area contributed by atoms with Gasteiger partial charge < -0.3 is 9.84 Å². The molecule has 0 fully saturated rings. The van der Waals surface area contributed by atoms with Gasteiger partial charge in [0.25, 0.3) is 5.56 Å². The predicted octanol–water partition coefficient (Wildman–Crippen LogP) is 3.16. The summed E-state index contributed by atoms with van der Waals surface area (Å²) < 4.78 is 6.31. The quantitative estimate of drug-likeness (QED) is 0.672. The van der Waals surface area contributed by atoms with Gasteiger partial charge >= 0.3 is 5.97 Å². The molecule has 0 unspecified atom stereocenters. The van der Waals surface area contributed by atoms with E-state index in [1.54, 1.807) is 30.3 Å². The molecule has 27 heavy (non-hydrogen) atoms. The van der Waals surface area contributed by atoms with E-state index in [0.29, 0.717) is 5.69 Å². The summed E-state index contributed by atoms with van der Waals surface area (Å²) in [4.78, 5) is 23.7. The zero-order chi connectivity index (χ0) is 19.4. The Hall–Kier alpha value is -4.19. The first-order chi connectivity index (χ1) is 13.0. The number of aromatic nitrogens is 2. The number of aromatic carboxylic acids is 1. The van der Waals surface area contributed by atoms with Crippen LogP contribution in [0.5, 0.6) is 5.75 Å². The number of carboxylic acids is 1. The second-order valence-corrected chi connectivity index (χ2v) is 5.32. The van der Waals surface area contributed by atoms with Crippen LogP contribution in [-0.2, 0) is 0 Å². The fraction of sp³-hybridized carbons (Fsp3) is 0.0556. The number of nitrogens with one attached hydrogen (secondary N) is 1. The maximum Gasteiger partial charge on any atom is 0.335 e. The minimum Gasteiger partial charge on any atom is -0.494 e. The third-order valence-corrected chi connectivity index (χ3v) is 3.68. The molecule has 1 heterocycles. The number of carbonyl (C=O) groups is 1. The van der Waals surface area contributed by atoms with E-state index in [4.69, 9.17) is 9.84 Å². The van der Waals surface area contributed by atoms with E-state index in [9.17, 15) is 14.9 Å². The molecule has 3 rings (SSSR count). The molecule has 2 N–H and O–H groups in total. The molecule has 2 aromatic carbocycles. The van der Waals surface area contributed by atoms with E-state index in [1.165, 1.54) is 30.0 Å². The summed E-state index contributed by atoms with van der Waals surface area (Å²) >= 11 is 0. The number of rotatable bonds is 5. The van der Waals surface area contributed by atoms with Gasteiger partial charge in [0.15, 0.2) is 11.4 Å². The van der Waals surface area contributed by atoms with E-state index in [0.717, 1.165) is 0 Å². The Bertz CT molecular complexity index is 1120. The Kier molecular flexibility index (Phi) is 4.81. The van der Waals surface area contributed by atoms with Crippen LogP contribution in [0.1, 0.15) is 16.1 Å². The molecule has 0 aliphatic rings. The molecule has 3 aromatic rings. The van der Waals surface area contributed by atoms with Crippen molar-refractivity contribution in [3.05, 3.63) is 70.1 Å². The molecule has 0 saturated heterocycles. The van der Waals surface area contributed by atoms with Crippen LogP contribution >= 0.6 is 0 Å². The topological polar surface area (TPSA) is 133 Å². The number of methoxy groups -OCH3 is 1.